The van der Waals surface area contributed by atoms with E-state index in [0.29, 0.717) is 40.3 Å². The molecule has 1 aliphatic carbocycles. The molecule has 35 heavy (non-hydrogen) atoms. The highest BCUT2D eigenvalue weighted by atomic mass is 16.6. The lowest BCUT2D eigenvalue weighted by atomic mass is 9.84. The molecular formula is C26H18N4O5. The molecule has 0 spiro atoms. The molecule has 0 aromatic heterocycles. The third kappa shape index (κ3) is 4.42. The van der Waals surface area contributed by atoms with E-state index in [1.807, 2.05) is 24.3 Å². The van der Waals surface area contributed by atoms with Gasteiger partial charge in [-0.15, -0.1) is 0 Å². The Morgan fingerprint density at radius 3 is 1.31 bits per heavy atom. The van der Waals surface area contributed by atoms with Crippen LogP contribution in [0.5, 0.6) is 0 Å². The second-order valence-electron chi connectivity index (χ2n) is 8.11. The number of nitro benzene ring substituents is 2. The first kappa shape index (κ1) is 21.8. The largest absolute Gasteiger partial charge is 0.356 e. The van der Waals surface area contributed by atoms with E-state index in [1.54, 1.807) is 36.4 Å². The molecule has 0 amide bonds. The molecule has 9 heteroatoms. The number of benzene rings is 4. The summed E-state index contributed by atoms with van der Waals surface area (Å²) in [6, 6.07) is 23.3. The number of nitrogens with one attached hydrogen (secondary N) is 2. The van der Waals surface area contributed by atoms with Crippen LogP contribution < -0.4 is 10.6 Å². The van der Waals surface area contributed by atoms with E-state index in [1.165, 1.54) is 24.3 Å². The Labute approximate surface area is 199 Å². The smallest absolute Gasteiger partial charge is 0.269 e. The van der Waals surface area contributed by atoms with Gasteiger partial charge in [-0.05, 0) is 66.1 Å². The standard InChI is InChI=1S/C26H18N4O5/c31-26-24-14-20(27-18-5-9-22(10-6-18)29(32)33)3-1-16(24)13-17-2-4-21(15-25(17)26)28-19-7-11-23(12-8-19)30(34)35/h1-12,14-15,27-28H,13H2. The summed E-state index contributed by atoms with van der Waals surface area (Å²) in [6.07, 6.45) is 0.617. The van der Waals surface area contributed by atoms with Crippen molar-refractivity contribution >= 4 is 39.9 Å². The Hall–Kier alpha value is -5.05. The first-order chi connectivity index (χ1) is 16.9. The maximum atomic E-state index is 13.4. The first-order valence-electron chi connectivity index (χ1n) is 10.7. The molecule has 0 atom stereocenters. The fourth-order valence-corrected chi connectivity index (χ4v) is 4.06. The van der Waals surface area contributed by atoms with Gasteiger partial charge in [-0.1, -0.05) is 12.1 Å². The zero-order chi connectivity index (χ0) is 24.5. The number of ketones is 1. The van der Waals surface area contributed by atoms with Crippen molar-refractivity contribution in [1.29, 1.82) is 0 Å². The van der Waals surface area contributed by atoms with Gasteiger partial charge in [0, 0.05) is 58.1 Å². The van der Waals surface area contributed by atoms with Crippen LogP contribution in [0.3, 0.4) is 0 Å². The van der Waals surface area contributed by atoms with Gasteiger partial charge in [0.15, 0.2) is 5.78 Å². The molecule has 0 radical (unpaired) electrons. The first-order valence-corrected chi connectivity index (χ1v) is 10.7. The number of non-ortho nitro benzene ring substituents is 2. The summed E-state index contributed by atoms with van der Waals surface area (Å²) < 4.78 is 0. The minimum Gasteiger partial charge on any atom is -0.356 e. The van der Waals surface area contributed by atoms with Crippen LogP contribution in [0, 0.1) is 20.2 Å². The van der Waals surface area contributed by atoms with Crippen molar-refractivity contribution in [2.24, 2.45) is 0 Å². The predicted octanol–water partition coefficient (Wildman–Crippen LogP) is 6.13. The molecule has 0 saturated carbocycles. The number of nitro groups is 2. The molecule has 0 fully saturated rings. The quantitative estimate of drug-likeness (QED) is 0.228. The zero-order valence-corrected chi connectivity index (χ0v) is 18.2. The molecule has 0 aliphatic heterocycles. The van der Waals surface area contributed by atoms with Gasteiger partial charge in [-0.3, -0.25) is 25.0 Å². The summed E-state index contributed by atoms with van der Waals surface area (Å²) in [5.41, 5.74) is 5.80. The number of hydrogen-bond donors (Lipinski definition) is 2. The summed E-state index contributed by atoms with van der Waals surface area (Å²) in [7, 11) is 0. The van der Waals surface area contributed by atoms with Crippen molar-refractivity contribution in [3.05, 3.63) is 127 Å². The second kappa shape index (κ2) is 8.71. The Balaban J connectivity index is 1.37. The number of nitrogens with zero attached hydrogens (tertiary/aromatic N) is 2. The third-order valence-corrected chi connectivity index (χ3v) is 5.82. The molecule has 4 aromatic carbocycles. The molecule has 4 aromatic rings. The van der Waals surface area contributed by atoms with Crippen molar-refractivity contribution < 1.29 is 14.6 Å². The predicted molar refractivity (Wildman–Crippen MR) is 132 cm³/mol. The summed E-state index contributed by atoms with van der Waals surface area (Å²) >= 11 is 0. The Kier molecular flexibility index (Phi) is 5.42. The van der Waals surface area contributed by atoms with E-state index in [9.17, 15) is 25.0 Å². The van der Waals surface area contributed by atoms with Crippen molar-refractivity contribution in [3.8, 4) is 0 Å². The normalized spacial score (nSPS) is 11.8. The fraction of sp³-hybridized carbons (Fsp3) is 0.0385. The molecule has 0 bridgehead atoms. The highest BCUT2D eigenvalue weighted by molar-refractivity contribution is 6.13. The minimum absolute atomic E-state index is 0.00548. The van der Waals surface area contributed by atoms with Gasteiger partial charge < -0.3 is 10.6 Å². The average Bonchev–Trinajstić information content (AvgIpc) is 2.85. The van der Waals surface area contributed by atoms with Crippen molar-refractivity contribution in [2.75, 3.05) is 10.6 Å². The van der Waals surface area contributed by atoms with Crippen LogP contribution in [0.25, 0.3) is 0 Å². The second-order valence-corrected chi connectivity index (χ2v) is 8.11. The van der Waals surface area contributed by atoms with E-state index in [0.717, 1.165) is 11.1 Å². The fourth-order valence-electron chi connectivity index (χ4n) is 4.06. The van der Waals surface area contributed by atoms with E-state index in [4.69, 9.17) is 0 Å². The zero-order valence-electron chi connectivity index (χ0n) is 18.2. The minimum atomic E-state index is -0.455. The third-order valence-electron chi connectivity index (χ3n) is 5.82. The van der Waals surface area contributed by atoms with Gasteiger partial charge in [0.25, 0.3) is 11.4 Å². The highest BCUT2D eigenvalue weighted by Crippen LogP contribution is 2.32. The number of anilines is 4. The van der Waals surface area contributed by atoms with Crippen molar-refractivity contribution in [3.63, 3.8) is 0 Å². The molecule has 2 N–H and O–H groups in total. The lowest BCUT2D eigenvalue weighted by Crippen LogP contribution is -2.15. The van der Waals surface area contributed by atoms with Gasteiger partial charge in [0.1, 0.15) is 0 Å². The van der Waals surface area contributed by atoms with Crippen molar-refractivity contribution in [1.82, 2.24) is 0 Å². The molecule has 0 saturated heterocycles. The number of hydrogen-bond acceptors (Lipinski definition) is 7. The van der Waals surface area contributed by atoms with Gasteiger partial charge in [-0.25, -0.2) is 0 Å². The summed E-state index contributed by atoms with van der Waals surface area (Å²) in [5.74, 6) is -0.0963. The van der Waals surface area contributed by atoms with Crippen LogP contribution in [-0.4, -0.2) is 15.6 Å². The van der Waals surface area contributed by atoms with Crippen LogP contribution in [0.4, 0.5) is 34.1 Å². The van der Waals surface area contributed by atoms with Crippen molar-refractivity contribution in [2.45, 2.75) is 6.42 Å². The maximum Gasteiger partial charge on any atom is 0.269 e. The van der Waals surface area contributed by atoms with Crippen LogP contribution >= 0.6 is 0 Å². The Morgan fingerprint density at radius 2 is 0.943 bits per heavy atom. The average molecular weight is 466 g/mol. The summed E-state index contributed by atoms with van der Waals surface area (Å²) in [5, 5.41) is 28.1. The number of carbonyl (C=O) groups is 1. The van der Waals surface area contributed by atoms with Crippen LogP contribution in [-0.2, 0) is 6.42 Å². The maximum absolute atomic E-state index is 13.4. The molecule has 172 valence electrons. The monoisotopic (exact) mass is 466 g/mol. The van der Waals surface area contributed by atoms with Gasteiger partial charge in [0.05, 0.1) is 9.85 Å². The van der Waals surface area contributed by atoms with Crippen LogP contribution in [0.15, 0.2) is 84.9 Å². The molecule has 0 heterocycles. The van der Waals surface area contributed by atoms with Gasteiger partial charge in [-0.2, -0.15) is 0 Å². The summed E-state index contributed by atoms with van der Waals surface area (Å²) in [6.45, 7) is 0. The highest BCUT2D eigenvalue weighted by Gasteiger charge is 2.24. The SMILES string of the molecule is O=C1c2cc(Nc3ccc([N+](=O)[O-])cc3)ccc2Cc2ccc(Nc3ccc([N+](=O)[O-])cc3)cc21. The number of rotatable bonds is 6. The van der Waals surface area contributed by atoms with E-state index in [2.05, 4.69) is 10.6 Å². The van der Waals surface area contributed by atoms with E-state index >= 15 is 0 Å². The molecule has 1 aliphatic rings. The van der Waals surface area contributed by atoms with Gasteiger partial charge in [0.2, 0.25) is 0 Å². The molecular weight excluding hydrogens is 448 g/mol. The lowest BCUT2D eigenvalue weighted by Gasteiger charge is -2.21. The molecule has 5 rings (SSSR count). The topological polar surface area (TPSA) is 127 Å². The molecule has 0 unspecified atom stereocenters. The van der Waals surface area contributed by atoms with E-state index < -0.39 is 9.85 Å². The van der Waals surface area contributed by atoms with Crippen LogP contribution in [0.2, 0.25) is 0 Å². The summed E-state index contributed by atoms with van der Waals surface area (Å²) in [4.78, 5) is 34.1. The number of fused-ring (bicyclic) bond motifs is 2. The van der Waals surface area contributed by atoms with Gasteiger partial charge >= 0.3 is 0 Å². The van der Waals surface area contributed by atoms with E-state index in [-0.39, 0.29) is 17.2 Å². The Bertz CT molecular complexity index is 1370. The molecule has 9 nitrogen and oxygen atoms in total. The lowest BCUT2D eigenvalue weighted by molar-refractivity contribution is -0.385. The Morgan fingerprint density at radius 1 is 0.571 bits per heavy atom. The van der Waals surface area contributed by atoms with Crippen LogP contribution in [0.1, 0.15) is 27.0 Å². The number of carbonyl (C=O) groups excluding carboxylic acids is 1.